The Bertz CT molecular complexity index is 1030. The normalized spacial score (nSPS) is 12.9. The number of nitrogens with zero attached hydrogens (tertiary/aromatic N) is 3. The first-order chi connectivity index (χ1) is 13.6. The Hall–Kier alpha value is -3.16. The fraction of sp³-hybridized carbons (Fsp3) is 0.429. The number of carbonyl (C=O) groups is 2. The number of ether oxygens (including phenoxy) is 1. The second-order valence-electron chi connectivity index (χ2n) is 8.24. The molecule has 154 valence electrons. The average molecular weight is 398 g/mol. The van der Waals surface area contributed by atoms with Crippen molar-refractivity contribution in [2.45, 2.75) is 59.2 Å². The summed E-state index contributed by atoms with van der Waals surface area (Å²) in [5, 5.41) is 7.72. The number of hydrogen-bond acceptors (Lipinski definition) is 6. The van der Waals surface area contributed by atoms with Gasteiger partial charge in [-0.2, -0.15) is 5.10 Å². The van der Waals surface area contributed by atoms with Gasteiger partial charge in [0.2, 0.25) is 0 Å². The highest BCUT2D eigenvalue weighted by Gasteiger charge is 2.26. The van der Waals surface area contributed by atoms with Gasteiger partial charge in [0.1, 0.15) is 5.69 Å². The summed E-state index contributed by atoms with van der Waals surface area (Å²) in [5.74, 6) is -0.457. The van der Waals surface area contributed by atoms with Gasteiger partial charge in [-0.3, -0.25) is 4.79 Å². The average Bonchev–Trinajstić information content (AvgIpc) is 3.28. The van der Waals surface area contributed by atoms with Crippen LogP contribution in [-0.4, -0.2) is 38.3 Å². The summed E-state index contributed by atoms with van der Waals surface area (Å²) < 4.78 is 12.6. The van der Waals surface area contributed by atoms with Gasteiger partial charge in [0.25, 0.3) is 5.91 Å². The molecule has 0 aliphatic heterocycles. The molecule has 3 heterocycles. The van der Waals surface area contributed by atoms with Crippen molar-refractivity contribution in [3.63, 3.8) is 0 Å². The molecule has 1 unspecified atom stereocenters. The summed E-state index contributed by atoms with van der Waals surface area (Å²) in [5.41, 5.74) is 0.895. The molecular formula is C21H26N4O4. The minimum atomic E-state index is -0.947. The second-order valence-corrected chi connectivity index (χ2v) is 8.24. The van der Waals surface area contributed by atoms with Crippen LogP contribution in [0.2, 0.25) is 0 Å². The van der Waals surface area contributed by atoms with Crippen molar-refractivity contribution in [3.8, 4) is 11.5 Å². The Balaban J connectivity index is 1.99. The molecule has 0 aliphatic carbocycles. The van der Waals surface area contributed by atoms with E-state index in [0.29, 0.717) is 22.5 Å². The maximum atomic E-state index is 12.9. The van der Waals surface area contributed by atoms with Crippen LogP contribution in [0.15, 0.2) is 35.1 Å². The van der Waals surface area contributed by atoms with Gasteiger partial charge in [0, 0.05) is 11.6 Å². The van der Waals surface area contributed by atoms with Crippen molar-refractivity contribution in [3.05, 3.63) is 36.2 Å². The Labute approximate surface area is 169 Å². The van der Waals surface area contributed by atoms with E-state index in [1.165, 1.54) is 6.26 Å². The Morgan fingerprint density at radius 3 is 2.55 bits per heavy atom. The first kappa shape index (κ1) is 20.6. The molecule has 1 N–H and O–H groups in total. The lowest BCUT2D eigenvalue weighted by molar-refractivity contribution is -0.130. The highest BCUT2D eigenvalue weighted by Crippen LogP contribution is 2.27. The second kappa shape index (κ2) is 7.69. The van der Waals surface area contributed by atoms with E-state index < -0.39 is 17.6 Å². The lowest BCUT2D eigenvalue weighted by atomic mass is 10.1. The van der Waals surface area contributed by atoms with Gasteiger partial charge in [-0.25, -0.2) is 14.5 Å². The smallest absolute Gasteiger partial charge is 0.339 e. The van der Waals surface area contributed by atoms with Crippen LogP contribution in [0.5, 0.6) is 0 Å². The molecular weight excluding hydrogens is 372 g/mol. The molecule has 1 amide bonds. The number of furan rings is 1. The fourth-order valence-electron chi connectivity index (χ4n) is 2.86. The van der Waals surface area contributed by atoms with Crippen molar-refractivity contribution in [2.75, 3.05) is 0 Å². The lowest BCUT2D eigenvalue weighted by Gasteiger charge is -2.23. The van der Waals surface area contributed by atoms with Crippen molar-refractivity contribution in [2.24, 2.45) is 0 Å². The monoisotopic (exact) mass is 398 g/mol. The molecule has 1 atom stereocenters. The number of rotatable bonds is 5. The van der Waals surface area contributed by atoms with Crippen molar-refractivity contribution >= 4 is 22.9 Å². The summed E-state index contributed by atoms with van der Waals surface area (Å²) in [6.45, 7) is 11.1. The highest BCUT2D eigenvalue weighted by molar-refractivity contribution is 6.04. The lowest BCUT2D eigenvalue weighted by Crippen LogP contribution is -2.46. The number of hydrogen-bond donors (Lipinski definition) is 1. The van der Waals surface area contributed by atoms with Crippen LogP contribution in [0, 0.1) is 0 Å². The van der Waals surface area contributed by atoms with E-state index in [-0.39, 0.29) is 17.5 Å². The summed E-state index contributed by atoms with van der Waals surface area (Å²) in [4.78, 5) is 29.9. The SMILES string of the molecule is CC(OC(=O)c1cc(-c2ccco2)nc2c1cnn2C(C)C)C(=O)NC(C)(C)C. The first-order valence-corrected chi connectivity index (χ1v) is 9.52. The molecule has 0 aliphatic rings. The maximum Gasteiger partial charge on any atom is 0.339 e. The molecule has 3 aromatic heterocycles. The molecule has 0 saturated heterocycles. The molecule has 0 bridgehead atoms. The van der Waals surface area contributed by atoms with E-state index in [4.69, 9.17) is 9.15 Å². The van der Waals surface area contributed by atoms with Crippen LogP contribution in [0.1, 0.15) is 57.9 Å². The van der Waals surface area contributed by atoms with Gasteiger partial charge in [-0.05, 0) is 59.7 Å². The Kier molecular flexibility index (Phi) is 5.46. The molecule has 29 heavy (non-hydrogen) atoms. The number of fused-ring (bicyclic) bond motifs is 1. The summed E-state index contributed by atoms with van der Waals surface area (Å²) in [6.07, 6.45) is 2.18. The zero-order chi connectivity index (χ0) is 21.3. The van der Waals surface area contributed by atoms with Gasteiger partial charge >= 0.3 is 5.97 Å². The summed E-state index contributed by atoms with van der Waals surface area (Å²) in [6, 6.07) is 5.16. The third-order valence-corrected chi connectivity index (χ3v) is 4.20. The third kappa shape index (κ3) is 4.47. The van der Waals surface area contributed by atoms with Crippen LogP contribution in [0.25, 0.3) is 22.5 Å². The number of nitrogens with one attached hydrogen (secondary N) is 1. The molecule has 8 heteroatoms. The van der Waals surface area contributed by atoms with Crippen LogP contribution in [-0.2, 0) is 9.53 Å². The number of amides is 1. The topological polar surface area (TPSA) is 99.2 Å². The molecule has 3 rings (SSSR count). The van der Waals surface area contributed by atoms with Crippen LogP contribution in [0.4, 0.5) is 0 Å². The number of pyridine rings is 1. The molecule has 0 radical (unpaired) electrons. The predicted molar refractivity (Wildman–Crippen MR) is 108 cm³/mol. The standard InChI is InChI=1S/C21H26N4O4/c1-12(2)25-18-15(11-22-25)14(10-16(23-18)17-8-7-9-28-17)20(27)29-13(3)19(26)24-21(4,5)6/h7-13H,1-6H3,(H,24,26). The summed E-state index contributed by atoms with van der Waals surface area (Å²) in [7, 11) is 0. The van der Waals surface area contributed by atoms with E-state index in [2.05, 4.69) is 15.4 Å². The van der Waals surface area contributed by atoms with Crippen molar-refractivity contribution in [1.29, 1.82) is 0 Å². The minimum Gasteiger partial charge on any atom is -0.463 e. The quantitative estimate of drug-likeness (QED) is 0.658. The molecule has 0 saturated carbocycles. The van der Waals surface area contributed by atoms with E-state index in [1.807, 2.05) is 34.6 Å². The van der Waals surface area contributed by atoms with Crippen molar-refractivity contribution in [1.82, 2.24) is 20.1 Å². The van der Waals surface area contributed by atoms with Gasteiger partial charge < -0.3 is 14.5 Å². The van der Waals surface area contributed by atoms with Crippen LogP contribution < -0.4 is 5.32 Å². The predicted octanol–water partition coefficient (Wildman–Crippen LogP) is 3.73. The van der Waals surface area contributed by atoms with Gasteiger partial charge in [-0.15, -0.1) is 0 Å². The fourth-order valence-corrected chi connectivity index (χ4v) is 2.86. The first-order valence-electron chi connectivity index (χ1n) is 9.52. The molecule has 0 aromatic carbocycles. The molecule has 3 aromatic rings. The van der Waals surface area contributed by atoms with E-state index in [1.54, 1.807) is 36.0 Å². The van der Waals surface area contributed by atoms with Gasteiger partial charge in [0.15, 0.2) is 17.5 Å². The van der Waals surface area contributed by atoms with Gasteiger partial charge in [-0.1, -0.05) is 0 Å². The Morgan fingerprint density at radius 1 is 1.24 bits per heavy atom. The van der Waals surface area contributed by atoms with E-state index >= 15 is 0 Å². The Morgan fingerprint density at radius 2 is 1.97 bits per heavy atom. The highest BCUT2D eigenvalue weighted by atomic mass is 16.5. The molecule has 8 nitrogen and oxygen atoms in total. The van der Waals surface area contributed by atoms with E-state index in [9.17, 15) is 9.59 Å². The molecule has 0 fully saturated rings. The number of carbonyl (C=O) groups excluding carboxylic acids is 2. The van der Waals surface area contributed by atoms with Crippen molar-refractivity contribution < 1.29 is 18.7 Å². The minimum absolute atomic E-state index is 0.0483. The zero-order valence-corrected chi connectivity index (χ0v) is 17.5. The van der Waals surface area contributed by atoms with Gasteiger partial charge in [0.05, 0.1) is 23.4 Å². The van der Waals surface area contributed by atoms with Crippen LogP contribution in [0.3, 0.4) is 0 Å². The molecule has 0 spiro atoms. The van der Waals surface area contributed by atoms with E-state index in [0.717, 1.165) is 0 Å². The zero-order valence-electron chi connectivity index (χ0n) is 17.5. The summed E-state index contributed by atoms with van der Waals surface area (Å²) >= 11 is 0. The largest absolute Gasteiger partial charge is 0.463 e. The third-order valence-electron chi connectivity index (χ3n) is 4.20. The van der Waals surface area contributed by atoms with Crippen LogP contribution >= 0.6 is 0 Å². The number of aromatic nitrogens is 3. The number of esters is 1. The maximum absolute atomic E-state index is 12.9.